The third-order valence-corrected chi connectivity index (χ3v) is 20.6. The zero-order chi connectivity index (χ0) is 73.5. The topological polar surface area (TPSA) is 279 Å². The van der Waals surface area contributed by atoms with Crippen LogP contribution in [0.15, 0.2) is 78.9 Å². The highest BCUT2D eigenvalue weighted by atomic mass is 127. The van der Waals surface area contributed by atoms with E-state index in [9.17, 15) is 33.6 Å². The second kappa shape index (κ2) is 35.9. The Labute approximate surface area is 598 Å². The number of fused-ring (bicyclic) bond motifs is 1. The highest BCUT2D eigenvalue weighted by molar-refractivity contribution is 14.1. The summed E-state index contributed by atoms with van der Waals surface area (Å²) >= 11 is 2.14. The molecule has 3 aliphatic rings. The van der Waals surface area contributed by atoms with Gasteiger partial charge < -0.3 is 60.5 Å². The molecule has 0 radical (unpaired) electrons. The van der Waals surface area contributed by atoms with Crippen LogP contribution < -0.4 is 21.3 Å². The van der Waals surface area contributed by atoms with E-state index in [1.807, 2.05) is 77.9 Å². The first kappa shape index (κ1) is 80.0. The Kier molecular flexibility index (Phi) is 29.0. The van der Waals surface area contributed by atoms with Crippen molar-refractivity contribution in [2.24, 2.45) is 17.8 Å². The standard InChI is InChI=1S/C74H107IN12O12/c1-17-48(7)63-72(98)81(12)49(8)66(92)87-36-33-57(87)70(96)84(15)59(42-51-31-29-47(6)30-32-51)69(95)80(11)44-61(88)76-54(41-52-27-24-28-53(75)39-52)64(90)77-56(40-50-25-20-18-21-26-50)68(94)85(16)74(9,10)73(99)78-55(37-45(2)3)67(93)83(14)60(71(97)86-34-22-19-23-35-86)43-62(89)82(13)58(38-46(4)5)65(91)79-63/h18,20-21,24-32,39,45-46,48-49,54-60,63H,17,19,22-23,33-38,40-44H2,1-16H3,(H,76,88)(H,77,90)(H,78,99)(H,79,91)/t48-,49-,54-,55-,56-,57?,58-,59-,60-,63-/m0/s1. The van der Waals surface area contributed by atoms with Crippen molar-refractivity contribution < 1.29 is 57.5 Å². The van der Waals surface area contributed by atoms with E-state index in [0.717, 1.165) is 15.6 Å². The van der Waals surface area contributed by atoms with E-state index < -0.39 is 150 Å². The lowest BCUT2D eigenvalue weighted by Gasteiger charge is -2.45. The number of carbonyl (C=O) groups excluding carboxylic acids is 12. The lowest BCUT2D eigenvalue weighted by molar-refractivity contribution is -0.160. The predicted octanol–water partition coefficient (Wildman–Crippen LogP) is 4.75. The van der Waals surface area contributed by atoms with Gasteiger partial charge in [-0.2, -0.15) is 0 Å². The zero-order valence-corrected chi connectivity index (χ0v) is 63.1. The Bertz CT molecular complexity index is 3380. The third kappa shape index (κ3) is 20.8. The van der Waals surface area contributed by atoms with Crippen LogP contribution in [0.3, 0.4) is 0 Å². The molecular formula is C74H107IN12O12. The quantitative estimate of drug-likeness (QED) is 0.169. The summed E-state index contributed by atoms with van der Waals surface area (Å²) in [5.41, 5.74) is 1.23. The number of aryl methyl sites for hydroxylation is 1. The number of nitrogens with one attached hydrogen (secondary N) is 4. The molecule has 6 rings (SSSR count). The van der Waals surface area contributed by atoms with Crippen LogP contribution in [-0.2, 0) is 76.8 Å². The highest BCUT2D eigenvalue weighted by Crippen LogP contribution is 2.27. The molecule has 542 valence electrons. The minimum absolute atomic E-state index is 0.0145. The summed E-state index contributed by atoms with van der Waals surface area (Å²) < 4.78 is 0.843. The second-order valence-electron chi connectivity index (χ2n) is 28.7. The van der Waals surface area contributed by atoms with Crippen molar-refractivity contribution >= 4 is 93.5 Å². The lowest BCUT2D eigenvalue weighted by Crippen LogP contribution is -2.65. The number of likely N-dealkylation sites (tertiary alicyclic amines) is 1. The van der Waals surface area contributed by atoms with Crippen LogP contribution in [0, 0.1) is 28.2 Å². The van der Waals surface area contributed by atoms with Gasteiger partial charge >= 0.3 is 0 Å². The van der Waals surface area contributed by atoms with E-state index in [2.05, 4.69) is 43.9 Å². The molecule has 10 atom stereocenters. The normalized spacial score (nSPS) is 25.2. The molecule has 3 heterocycles. The van der Waals surface area contributed by atoms with Gasteiger partial charge in [-0.3, -0.25) is 57.5 Å². The van der Waals surface area contributed by atoms with Crippen molar-refractivity contribution in [3.8, 4) is 0 Å². The van der Waals surface area contributed by atoms with E-state index in [4.69, 9.17) is 0 Å². The highest BCUT2D eigenvalue weighted by Gasteiger charge is 2.47. The first-order valence-corrected chi connectivity index (χ1v) is 35.9. The van der Waals surface area contributed by atoms with Crippen molar-refractivity contribution in [1.82, 2.24) is 60.5 Å². The van der Waals surface area contributed by atoms with E-state index in [-0.39, 0.29) is 56.9 Å². The van der Waals surface area contributed by atoms with E-state index >= 15 is 24.0 Å². The predicted molar refractivity (Wildman–Crippen MR) is 386 cm³/mol. The van der Waals surface area contributed by atoms with Gasteiger partial charge in [0.25, 0.3) is 0 Å². The minimum atomic E-state index is -1.74. The molecule has 0 aromatic heterocycles. The summed E-state index contributed by atoms with van der Waals surface area (Å²) in [5, 5.41) is 11.6. The SMILES string of the molecule is CC[C@H](C)[C@@H]1NC(=O)[C@H](CC(C)C)N(C)C(=O)C[C@@H](C(=O)N2CCCCC2)N(C)C(=O)[C@H](CC(C)C)NC(=O)C(C)(C)N(C)C(=O)[C@H](Cc2ccccc2)NC(=O)[C@H](Cc2cccc(I)c2)NC(=O)CN(C)C(=O)[C@H](Cc2ccc(C)cc2)N(C)C(=O)C2CCN2C(=O)[C@H](C)N(C)C1=O. The van der Waals surface area contributed by atoms with Gasteiger partial charge in [-0.1, -0.05) is 120 Å². The van der Waals surface area contributed by atoms with Gasteiger partial charge in [0.05, 0.1) is 13.0 Å². The van der Waals surface area contributed by atoms with Crippen molar-refractivity contribution in [3.63, 3.8) is 0 Å². The maximum absolute atomic E-state index is 15.3. The summed E-state index contributed by atoms with van der Waals surface area (Å²) in [6.45, 7) is 17.9. The summed E-state index contributed by atoms with van der Waals surface area (Å²) in [6.07, 6.45) is 2.45. The van der Waals surface area contributed by atoms with Gasteiger partial charge in [-0.05, 0) is 135 Å². The van der Waals surface area contributed by atoms with E-state index in [1.165, 1.54) is 97.4 Å². The van der Waals surface area contributed by atoms with Gasteiger partial charge in [-0.15, -0.1) is 0 Å². The molecule has 0 aliphatic carbocycles. The molecular weight excluding hydrogens is 1380 g/mol. The van der Waals surface area contributed by atoms with Crippen LogP contribution in [-0.4, -0.2) is 238 Å². The molecule has 0 spiro atoms. The van der Waals surface area contributed by atoms with Crippen molar-refractivity contribution in [2.75, 3.05) is 68.5 Å². The molecule has 1 unspecified atom stereocenters. The largest absolute Gasteiger partial charge is 0.342 e. The van der Waals surface area contributed by atoms with E-state index in [0.29, 0.717) is 49.0 Å². The average molecular weight is 1480 g/mol. The van der Waals surface area contributed by atoms with E-state index in [1.54, 1.807) is 54.3 Å². The Hall–Kier alpha value is -7.97. The second-order valence-corrected chi connectivity index (χ2v) is 29.9. The number of hydrogen-bond donors (Lipinski definition) is 4. The minimum Gasteiger partial charge on any atom is -0.342 e. The first-order chi connectivity index (χ1) is 46.6. The Balaban J connectivity index is 1.46. The molecule has 24 nitrogen and oxygen atoms in total. The number of hydrogen-bond acceptors (Lipinski definition) is 12. The van der Waals surface area contributed by atoms with Crippen molar-refractivity contribution in [2.45, 2.75) is 200 Å². The van der Waals surface area contributed by atoms with Gasteiger partial charge in [0.1, 0.15) is 59.9 Å². The number of halogens is 1. The monoisotopic (exact) mass is 1480 g/mol. The molecule has 3 aliphatic heterocycles. The number of carbonyl (C=O) groups is 12. The number of nitrogens with zero attached hydrogens (tertiary/aromatic N) is 8. The number of amides is 12. The molecule has 0 bridgehead atoms. The molecule has 4 N–H and O–H groups in total. The smallest absolute Gasteiger partial charge is 0.246 e. The molecule has 3 aromatic rings. The zero-order valence-electron chi connectivity index (χ0n) is 60.9. The van der Waals surface area contributed by atoms with Crippen LogP contribution in [0.25, 0.3) is 0 Å². The maximum atomic E-state index is 15.3. The number of likely N-dealkylation sites (N-methyl/N-ethyl adjacent to an activating group) is 6. The molecule has 0 saturated carbocycles. The van der Waals surface area contributed by atoms with Crippen LogP contribution >= 0.6 is 22.6 Å². The fourth-order valence-electron chi connectivity index (χ4n) is 12.8. The molecule has 3 aromatic carbocycles. The molecule has 99 heavy (non-hydrogen) atoms. The van der Waals surface area contributed by atoms with Crippen LogP contribution in [0.1, 0.15) is 136 Å². The van der Waals surface area contributed by atoms with Crippen LogP contribution in [0.2, 0.25) is 0 Å². The Morgan fingerprint density at radius 3 is 1.77 bits per heavy atom. The van der Waals surface area contributed by atoms with Crippen molar-refractivity contribution in [1.29, 1.82) is 0 Å². The summed E-state index contributed by atoms with van der Waals surface area (Å²) in [4.78, 5) is 190. The van der Waals surface area contributed by atoms with Crippen LogP contribution in [0.4, 0.5) is 0 Å². The Morgan fingerprint density at radius 2 is 1.18 bits per heavy atom. The van der Waals surface area contributed by atoms with Gasteiger partial charge in [0.2, 0.25) is 70.9 Å². The molecule has 25 heteroatoms. The van der Waals surface area contributed by atoms with Crippen molar-refractivity contribution in [3.05, 3.63) is 105 Å². The molecule has 3 fully saturated rings. The number of piperidine rings is 1. The Morgan fingerprint density at radius 1 is 0.576 bits per heavy atom. The number of rotatable bonds is 13. The average Bonchev–Trinajstić information content (AvgIpc) is 0.785. The maximum Gasteiger partial charge on any atom is 0.246 e. The fraction of sp³-hybridized carbons (Fsp3) is 0.595. The van der Waals surface area contributed by atoms with Crippen LogP contribution in [0.5, 0.6) is 0 Å². The van der Waals surface area contributed by atoms with Gasteiger partial charge in [0, 0.05) is 84.8 Å². The lowest BCUT2D eigenvalue weighted by atomic mass is 9.94. The third-order valence-electron chi connectivity index (χ3n) is 20.0. The van der Waals surface area contributed by atoms with Gasteiger partial charge in [0.15, 0.2) is 0 Å². The van der Waals surface area contributed by atoms with Gasteiger partial charge in [-0.25, -0.2) is 0 Å². The first-order valence-electron chi connectivity index (χ1n) is 34.8. The summed E-state index contributed by atoms with van der Waals surface area (Å²) in [7, 11) is 8.59. The summed E-state index contributed by atoms with van der Waals surface area (Å²) in [5.74, 6) is -8.68. The fourth-order valence-corrected chi connectivity index (χ4v) is 13.4. The molecule has 12 amide bonds. The summed E-state index contributed by atoms with van der Waals surface area (Å²) in [6, 6.07) is 12.4. The molecule has 3 saturated heterocycles. The number of benzene rings is 3.